The fourth-order valence-electron chi connectivity index (χ4n) is 2.76. The zero-order valence-electron chi connectivity index (χ0n) is 11.2. The molecule has 1 unspecified atom stereocenters. The van der Waals surface area contributed by atoms with Crippen LogP contribution in [-0.2, 0) is 6.42 Å². The summed E-state index contributed by atoms with van der Waals surface area (Å²) in [5.74, 6) is 0. The lowest BCUT2D eigenvalue weighted by molar-refractivity contribution is 0.347. The Bertz CT molecular complexity index is 322. The maximum Gasteiger partial charge on any atom is 0.0294 e. The number of hydrogen-bond donors (Lipinski definition) is 1. The molecule has 0 heterocycles. The van der Waals surface area contributed by atoms with Crippen molar-refractivity contribution in [3.05, 3.63) is 35.4 Å². The van der Waals surface area contributed by atoms with Gasteiger partial charge in [0.2, 0.25) is 0 Å². The van der Waals surface area contributed by atoms with Gasteiger partial charge in [-0.1, -0.05) is 50.5 Å². The van der Waals surface area contributed by atoms with E-state index in [1.807, 2.05) is 0 Å². The number of benzene rings is 1. The lowest BCUT2D eigenvalue weighted by Crippen LogP contribution is -2.33. The van der Waals surface area contributed by atoms with E-state index in [-0.39, 0.29) is 0 Å². The molecule has 1 N–H and O–H groups in total. The summed E-state index contributed by atoms with van der Waals surface area (Å²) >= 11 is 0. The van der Waals surface area contributed by atoms with Gasteiger partial charge in [-0.3, -0.25) is 0 Å². The van der Waals surface area contributed by atoms with Gasteiger partial charge in [0.1, 0.15) is 0 Å². The van der Waals surface area contributed by atoms with Crippen molar-refractivity contribution in [1.29, 1.82) is 0 Å². The van der Waals surface area contributed by atoms with Gasteiger partial charge >= 0.3 is 0 Å². The predicted octanol–water partition coefficient (Wildman–Crippen LogP) is 4.23. The molecule has 1 fully saturated rings. The Morgan fingerprint density at radius 3 is 2.35 bits per heavy atom. The summed E-state index contributed by atoms with van der Waals surface area (Å²) in [6.45, 7) is 4.49. The highest BCUT2D eigenvalue weighted by Crippen LogP contribution is 2.21. The Morgan fingerprint density at radius 1 is 1.12 bits per heavy atom. The smallest absolute Gasteiger partial charge is 0.0294 e. The second kappa shape index (κ2) is 6.20. The summed E-state index contributed by atoms with van der Waals surface area (Å²) in [7, 11) is 0. The van der Waals surface area contributed by atoms with Gasteiger partial charge in [-0.2, -0.15) is 0 Å². The second-order valence-corrected chi connectivity index (χ2v) is 5.32. The lowest BCUT2D eigenvalue weighted by atomic mass is 9.94. The Morgan fingerprint density at radius 2 is 1.76 bits per heavy atom. The van der Waals surface area contributed by atoms with E-state index >= 15 is 0 Å². The van der Waals surface area contributed by atoms with E-state index in [4.69, 9.17) is 0 Å². The van der Waals surface area contributed by atoms with Crippen molar-refractivity contribution >= 4 is 0 Å². The van der Waals surface area contributed by atoms with E-state index in [1.165, 1.54) is 43.2 Å². The van der Waals surface area contributed by atoms with Crippen LogP contribution in [0.1, 0.15) is 63.1 Å². The van der Waals surface area contributed by atoms with Crippen LogP contribution >= 0.6 is 0 Å². The Labute approximate surface area is 106 Å². The maximum absolute atomic E-state index is 3.77. The summed E-state index contributed by atoms with van der Waals surface area (Å²) in [6.07, 6.45) is 8.08. The van der Waals surface area contributed by atoms with Crippen molar-refractivity contribution in [3.8, 4) is 0 Å². The fourth-order valence-corrected chi connectivity index (χ4v) is 2.76. The lowest BCUT2D eigenvalue weighted by Gasteiger charge is -2.27. The van der Waals surface area contributed by atoms with E-state index in [0.717, 1.165) is 12.5 Å². The zero-order valence-corrected chi connectivity index (χ0v) is 11.2. The molecule has 0 bridgehead atoms. The first-order valence-electron chi connectivity index (χ1n) is 7.14. The highest BCUT2D eigenvalue weighted by atomic mass is 14.9. The van der Waals surface area contributed by atoms with Crippen LogP contribution in [0.2, 0.25) is 0 Å². The summed E-state index contributed by atoms with van der Waals surface area (Å²) in [4.78, 5) is 0. The average molecular weight is 231 g/mol. The van der Waals surface area contributed by atoms with Gasteiger partial charge in [-0.05, 0) is 37.3 Å². The molecule has 1 saturated carbocycles. The summed E-state index contributed by atoms with van der Waals surface area (Å²) in [5.41, 5.74) is 2.85. The van der Waals surface area contributed by atoms with Crippen LogP contribution in [0.25, 0.3) is 0 Å². The number of hydrogen-bond acceptors (Lipinski definition) is 1. The van der Waals surface area contributed by atoms with Crippen molar-refractivity contribution in [1.82, 2.24) is 5.32 Å². The Kier molecular flexibility index (Phi) is 4.61. The van der Waals surface area contributed by atoms with Crippen LogP contribution in [0.3, 0.4) is 0 Å². The molecule has 1 aliphatic carbocycles. The summed E-state index contributed by atoms with van der Waals surface area (Å²) in [5, 5.41) is 3.77. The van der Waals surface area contributed by atoms with Crippen molar-refractivity contribution < 1.29 is 0 Å². The molecule has 2 rings (SSSR count). The van der Waals surface area contributed by atoms with E-state index in [1.54, 1.807) is 0 Å². The Balaban J connectivity index is 1.91. The van der Waals surface area contributed by atoms with Crippen molar-refractivity contribution in [2.75, 3.05) is 0 Å². The molecule has 1 atom stereocenters. The third kappa shape index (κ3) is 3.57. The van der Waals surface area contributed by atoms with Gasteiger partial charge in [0, 0.05) is 12.1 Å². The van der Waals surface area contributed by atoms with Crippen molar-refractivity contribution in [2.45, 2.75) is 64.5 Å². The SMILES string of the molecule is CCc1ccc(C(C)NC2CCCCC2)cc1. The van der Waals surface area contributed by atoms with Gasteiger partial charge in [0.25, 0.3) is 0 Å². The highest BCUT2D eigenvalue weighted by molar-refractivity contribution is 5.24. The largest absolute Gasteiger partial charge is 0.307 e. The van der Waals surface area contributed by atoms with Crippen LogP contribution in [0.15, 0.2) is 24.3 Å². The molecule has 94 valence electrons. The molecule has 1 aliphatic rings. The summed E-state index contributed by atoms with van der Waals surface area (Å²) in [6, 6.07) is 10.3. The van der Waals surface area contributed by atoms with Crippen LogP contribution in [-0.4, -0.2) is 6.04 Å². The molecule has 1 nitrogen and oxygen atoms in total. The minimum atomic E-state index is 0.490. The molecule has 1 aromatic carbocycles. The van der Waals surface area contributed by atoms with Crippen LogP contribution < -0.4 is 5.32 Å². The molecule has 0 aliphatic heterocycles. The van der Waals surface area contributed by atoms with Gasteiger partial charge in [0.05, 0.1) is 0 Å². The molecule has 0 spiro atoms. The first kappa shape index (κ1) is 12.6. The van der Waals surface area contributed by atoms with E-state index < -0.39 is 0 Å². The standard InChI is InChI=1S/C16H25N/c1-3-14-9-11-15(12-10-14)13(2)17-16-7-5-4-6-8-16/h9-13,16-17H,3-8H2,1-2H3. The van der Waals surface area contributed by atoms with Crippen LogP contribution in [0.4, 0.5) is 0 Å². The topological polar surface area (TPSA) is 12.0 Å². The molecule has 1 heteroatoms. The zero-order chi connectivity index (χ0) is 12.1. The molecule has 0 amide bonds. The van der Waals surface area contributed by atoms with Crippen LogP contribution in [0, 0.1) is 0 Å². The Hall–Kier alpha value is -0.820. The molecule has 0 saturated heterocycles. The quantitative estimate of drug-likeness (QED) is 0.817. The monoisotopic (exact) mass is 231 g/mol. The molecule has 1 aromatic rings. The average Bonchev–Trinajstić information content (AvgIpc) is 2.40. The van der Waals surface area contributed by atoms with E-state index in [0.29, 0.717) is 6.04 Å². The third-order valence-corrected chi connectivity index (χ3v) is 3.98. The van der Waals surface area contributed by atoms with Gasteiger partial charge in [-0.25, -0.2) is 0 Å². The first-order valence-corrected chi connectivity index (χ1v) is 7.14. The molecular weight excluding hydrogens is 206 g/mol. The fraction of sp³-hybridized carbons (Fsp3) is 0.625. The van der Waals surface area contributed by atoms with Gasteiger partial charge in [0.15, 0.2) is 0 Å². The normalized spacial score (nSPS) is 19.2. The minimum absolute atomic E-state index is 0.490. The third-order valence-electron chi connectivity index (χ3n) is 3.98. The van der Waals surface area contributed by atoms with Gasteiger partial charge < -0.3 is 5.32 Å². The number of rotatable bonds is 4. The predicted molar refractivity (Wildman–Crippen MR) is 74.2 cm³/mol. The van der Waals surface area contributed by atoms with E-state index in [2.05, 4.69) is 43.4 Å². The molecule has 17 heavy (non-hydrogen) atoms. The van der Waals surface area contributed by atoms with E-state index in [9.17, 15) is 0 Å². The molecule has 0 radical (unpaired) electrons. The molecular formula is C16H25N. The second-order valence-electron chi connectivity index (χ2n) is 5.32. The number of nitrogens with one attached hydrogen (secondary N) is 1. The van der Waals surface area contributed by atoms with Gasteiger partial charge in [-0.15, -0.1) is 0 Å². The summed E-state index contributed by atoms with van der Waals surface area (Å²) < 4.78 is 0. The molecule has 0 aromatic heterocycles. The highest BCUT2D eigenvalue weighted by Gasteiger charge is 2.15. The minimum Gasteiger partial charge on any atom is -0.307 e. The van der Waals surface area contributed by atoms with Crippen molar-refractivity contribution in [2.24, 2.45) is 0 Å². The van der Waals surface area contributed by atoms with Crippen molar-refractivity contribution in [3.63, 3.8) is 0 Å². The number of aryl methyl sites for hydroxylation is 1. The first-order chi connectivity index (χ1) is 8.29. The van der Waals surface area contributed by atoms with Crippen LogP contribution in [0.5, 0.6) is 0 Å². The maximum atomic E-state index is 3.77.